The Morgan fingerprint density at radius 2 is 1.95 bits per heavy atom. The average Bonchev–Trinajstić information content (AvgIpc) is 2.82. The Balaban J connectivity index is 1.63. The maximum absolute atomic E-state index is 11.5. The van der Waals surface area contributed by atoms with Gasteiger partial charge in [0.2, 0.25) is 5.91 Å². The number of nitrogens with one attached hydrogen (secondary N) is 1. The van der Waals surface area contributed by atoms with E-state index in [2.05, 4.69) is 20.2 Å². The summed E-state index contributed by atoms with van der Waals surface area (Å²) in [5.74, 6) is 1.64. The SMILES string of the molecule is CC(=O)N1CCCN(c2cnc(C3CCNCC3)cn2)CC1. The third-order valence-electron chi connectivity index (χ3n) is 4.68. The summed E-state index contributed by atoms with van der Waals surface area (Å²) in [6.07, 6.45) is 7.12. The molecule has 0 bridgehead atoms. The fraction of sp³-hybridized carbons (Fsp3) is 0.688. The number of anilines is 1. The lowest BCUT2D eigenvalue weighted by molar-refractivity contribution is -0.128. The fourth-order valence-corrected chi connectivity index (χ4v) is 3.28. The van der Waals surface area contributed by atoms with Gasteiger partial charge in [0.15, 0.2) is 0 Å². The number of amides is 1. The van der Waals surface area contributed by atoms with Crippen molar-refractivity contribution in [3.8, 4) is 0 Å². The van der Waals surface area contributed by atoms with Gasteiger partial charge in [-0.15, -0.1) is 0 Å². The number of rotatable bonds is 2. The van der Waals surface area contributed by atoms with E-state index >= 15 is 0 Å². The van der Waals surface area contributed by atoms with Gasteiger partial charge in [0.25, 0.3) is 0 Å². The highest BCUT2D eigenvalue weighted by atomic mass is 16.2. The molecule has 0 saturated carbocycles. The van der Waals surface area contributed by atoms with Gasteiger partial charge < -0.3 is 15.1 Å². The summed E-state index contributed by atoms with van der Waals surface area (Å²) in [5.41, 5.74) is 1.12. The van der Waals surface area contributed by atoms with Crippen LogP contribution in [0.25, 0.3) is 0 Å². The van der Waals surface area contributed by atoms with Gasteiger partial charge >= 0.3 is 0 Å². The smallest absolute Gasteiger partial charge is 0.219 e. The van der Waals surface area contributed by atoms with Gasteiger partial charge in [-0.2, -0.15) is 0 Å². The first-order chi connectivity index (χ1) is 10.7. The molecular formula is C16H25N5O. The van der Waals surface area contributed by atoms with Crippen molar-refractivity contribution in [3.63, 3.8) is 0 Å². The number of aromatic nitrogens is 2. The van der Waals surface area contributed by atoms with Crippen molar-refractivity contribution in [2.45, 2.75) is 32.1 Å². The highest BCUT2D eigenvalue weighted by Crippen LogP contribution is 2.23. The molecule has 6 heteroatoms. The summed E-state index contributed by atoms with van der Waals surface area (Å²) < 4.78 is 0. The first-order valence-electron chi connectivity index (χ1n) is 8.27. The predicted octanol–water partition coefficient (Wildman–Crippen LogP) is 1.00. The molecule has 2 aliphatic heterocycles. The molecule has 0 atom stereocenters. The summed E-state index contributed by atoms with van der Waals surface area (Å²) in [6.45, 7) is 7.16. The standard InChI is InChI=1S/C16H25N5O/c1-13(22)20-7-2-8-21(10-9-20)16-12-18-15(11-19-16)14-3-5-17-6-4-14/h11-12,14,17H,2-10H2,1H3. The first kappa shape index (κ1) is 15.2. The van der Waals surface area contributed by atoms with Crippen LogP contribution in [-0.4, -0.2) is 60.0 Å². The summed E-state index contributed by atoms with van der Waals surface area (Å²) in [6, 6.07) is 0. The molecule has 0 aliphatic carbocycles. The van der Waals surface area contributed by atoms with Gasteiger partial charge in [0, 0.05) is 39.0 Å². The highest BCUT2D eigenvalue weighted by Gasteiger charge is 2.20. The second-order valence-electron chi connectivity index (χ2n) is 6.17. The van der Waals surface area contributed by atoms with Crippen LogP contribution in [0.4, 0.5) is 5.82 Å². The van der Waals surface area contributed by atoms with Crippen molar-refractivity contribution in [3.05, 3.63) is 18.1 Å². The number of piperidine rings is 1. The van der Waals surface area contributed by atoms with E-state index in [1.54, 1.807) is 6.92 Å². The molecule has 2 saturated heterocycles. The van der Waals surface area contributed by atoms with Gasteiger partial charge in [-0.1, -0.05) is 0 Å². The van der Waals surface area contributed by atoms with Crippen LogP contribution in [0.3, 0.4) is 0 Å². The maximum atomic E-state index is 11.5. The van der Waals surface area contributed by atoms with E-state index in [0.29, 0.717) is 5.92 Å². The normalized spacial score (nSPS) is 20.8. The van der Waals surface area contributed by atoms with Gasteiger partial charge in [0.05, 0.1) is 18.1 Å². The summed E-state index contributed by atoms with van der Waals surface area (Å²) >= 11 is 0. The molecule has 2 aliphatic rings. The quantitative estimate of drug-likeness (QED) is 0.883. The van der Waals surface area contributed by atoms with Crippen molar-refractivity contribution in [2.75, 3.05) is 44.2 Å². The molecule has 0 spiro atoms. The lowest BCUT2D eigenvalue weighted by Gasteiger charge is -2.24. The number of nitrogens with zero attached hydrogens (tertiary/aromatic N) is 4. The van der Waals surface area contributed by atoms with Crippen LogP contribution in [0.15, 0.2) is 12.4 Å². The van der Waals surface area contributed by atoms with Crippen molar-refractivity contribution < 1.29 is 4.79 Å². The largest absolute Gasteiger partial charge is 0.354 e. The lowest BCUT2D eigenvalue weighted by atomic mass is 9.95. The second-order valence-corrected chi connectivity index (χ2v) is 6.17. The molecule has 3 rings (SSSR count). The Hall–Kier alpha value is -1.69. The molecule has 2 fully saturated rings. The van der Waals surface area contributed by atoms with E-state index in [4.69, 9.17) is 0 Å². The molecule has 0 aromatic carbocycles. The minimum Gasteiger partial charge on any atom is -0.354 e. The monoisotopic (exact) mass is 303 g/mol. The highest BCUT2D eigenvalue weighted by molar-refractivity contribution is 5.73. The summed E-state index contributed by atoms with van der Waals surface area (Å²) in [5, 5.41) is 3.38. The molecule has 0 radical (unpaired) electrons. The minimum atomic E-state index is 0.161. The van der Waals surface area contributed by atoms with Crippen LogP contribution in [0, 0.1) is 0 Å². The Labute approximate surface area is 131 Å². The van der Waals surface area contributed by atoms with E-state index < -0.39 is 0 Å². The van der Waals surface area contributed by atoms with Crippen LogP contribution in [0.2, 0.25) is 0 Å². The number of hydrogen-bond donors (Lipinski definition) is 1. The molecular weight excluding hydrogens is 278 g/mol. The minimum absolute atomic E-state index is 0.161. The third kappa shape index (κ3) is 3.55. The fourth-order valence-electron chi connectivity index (χ4n) is 3.28. The van der Waals surface area contributed by atoms with Crippen LogP contribution in [-0.2, 0) is 4.79 Å². The molecule has 22 heavy (non-hydrogen) atoms. The zero-order valence-electron chi connectivity index (χ0n) is 13.3. The molecule has 1 aromatic heterocycles. The van der Waals surface area contributed by atoms with Gasteiger partial charge in [-0.3, -0.25) is 9.78 Å². The first-order valence-corrected chi connectivity index (χ1v) is 8.27. The molecule has 1 aromatic rings. The van der Waals surface area contributed by atoms with Crippen molar-refractivity contribution in [1.29, 1.82) is 0 Å². The summed E-state index contributed by atoms with van der Waals surface area (Å²) in [4.78, 5) is 24.9. The molecule has 1 amide bonds. The van der Waals surface area contributed by atoms with E-state index in [-0.39, 0.29) is 5.91 Å². The molecule has 120 valence electrons. The van der Waals surface area contributed by atoms with E-state index in [0.717, 1.165) is 70.0 Å². The topological polar surface area (TPSA) is 61.4 Å². The predicted molar refractivity (Wildman–Crippen MR) is 86.0 cm³/mol. The van der Waals surface area contributed by atoms with E-state index in [1.807, 2.05) is 17.3 Å². The Kier molecular flexibility index (Phi) is 4.87. The number of carbonyl (C=O) groups is 1. The Bertz CT molecular complexity index is 498. The molecule has 3 heterocycles. The second kappa shape index (κ2) is 7.05. The van der Waals surface area contributed by atoms with Crippen LogP contribution >= 0.6 is 0 Å². The van der Waals surface area contributed by atoms with Gasteiger partial charge in [-0.25, -0.2) is 4.98 Å². The zero-order valence-corrected chi connectivity index (χ0v) is 13.3. The van der Waals surface area contributed by atoms with Crippen LogP contribution in [0.5, 0.6) is 0 Å². The van der Waals surface area contributed by atoms with E-state index in [9.17, 15) is 4.79 Å². The summed E-state index contributed by atoms with van der Waals surface area (Å²) in [7, 11) is 0. The Morgan fingerprint density at radius 1 is 1.14 bits per heavy atom. The third-order valence-corrected chi connectivity index (χ3v) is 4.68. The Morgan fingerprint density at radius 3 is 2.64 bits per heavy atom. The molecule has 6 nitrogen and oxygen atoms in total. The van der Waals surface area contributed by atoms with Gasteiger partial charge in [0.1, 0.15) is 5.82 Å². The van der Waals surface area contributed by atoms with Gasteiger partial charge in [-0.05, 0) is 32.4 Å². The zero-order chi connectivity index (χ0) is 15.4. The number of hydrogen-bond acceptors (Lipinski definition) is 5. The van der Waals surface area contributed by atoms with Crippen molar-refractivity contribution in [2.24, 2.45) is 0 Å². The number of carbonyl (C=O) groups excluding carboxylic acids is 1. The molecule has 1 N–H and O–H groups in total. The maximum Gasteiger partial charge on any atom is 0.219 e. The van der Waals surface area contributed by atoms with Crippen molar-refractivity contribution >= 4 is 11.7 Å². The van der Waals surface area contributed by atoms with E-state index in [1.165, 1.54) is 0 Å². The van der Waals surface area contributed by atoms with Crippen LogP contribution < -0.4 is 10.2 Å². The van der Waals surface area contributed by atoms with Crippen molar-refractivity contribution in [1.82, 2.24) is 20.2 Å². The lowest BCUT2D eigenvalue weighted by Crippen LogP contribution is -2.34. The molecule has 0 unspecified atom stereocenters. The van der Waals surface area contributed by atoms with Crippen LogP contribution in [0.1, 0.15) is 37.8 Å². The average molecular weight is 303 g/mol.